The number of carbonyl (C=O) groups excluding carboxylic acids is 1. The van der Waals surface area contributed by atoms with Crippen LogP contribution in [-0.2, 0) is 16.4 Å². The summed E-state index contributed by atoms with van der Waals surface area (Å²) >= 11 is 0. The first-order valence-corrected chi connectivity index (χ1v) is 9.83. The van der Waals surface area contributed by atoms with Gasteiger partial charge in [-0.2, -0.15) is 0 Å². The van der Waals surface area contributed by atoms with Gasteiger partial charge in [0.25, 0.3) is 0 Å². The van der Waals surface area contributed by atoms with Gasteiger partial charge in [0.05, 0.1) is 11.8 Å². The standard InChI is InChI=1S/C16H24FN3O3S/c1-2-3-9-24(22,23)19-12-15(20-8-7-18-16(20)21)11-13-5-4-6-14(17)10-13/h4-6,10,15,19H,2-3,7-9,11-12H2,1H3,(H,18,21). The Balaban J connectivity index is 2.07. The third kappa shape index (κ3) is 5.45. The van der Waals surface area contributed by atoms with Crippen LogP contribution in [0.2, 0.25) is 0 Å². The van der Waals surface area contributed by atoms with E-state index in [9.17, 15) is 17.6 Å². The van der Waals surface area contributed by atoms with Gasteiger partial charge in [0.1, 0.15) is 5.82 Å². The summed E-state index contributed by atoms with van der Waals surface area (Å²) in [5, 5.41) is 2.71. The van der Waals surface area contributed by atoms with E-state index in [1.807, 2.05) is 6.92 Å². The molecule has 8 heteroatoms. The Morgan fingerprint density at radius 3 is 2.83 bits per heavy atom. The lowest BCUT2D eigenvalue weighted by atomic mass is 10.0. The number of rotatable bonds is 9. The number of carbonyl (C=O) groups is 1. The normalized spacial score (nSPS) is 16.2. The predicted octanol–water partition coefficient (Wildman–Crippen LogP) is 1.48. The fraction of sp³-hybridized carbons (Fsp3) is 0.562. The van der Waals surface area contributed by atoms with Crippen molar-refractivity contribution >= 4 is 16.1 Å². The molecule has 0 aliphatic carbocycles. The predicted molar refractivity (Wildman–Crippen MR) is 90.7 cm³/mol. The van der Waals surface area contributed by atoms with Crippen LogP contribution in [0, 0.1) is 5.82 Å². The molecule has 6 nitrogen and oxygen atoms in total. The van der Waals surface area contributed by atoms with Crippen molar-refractivity contribution in [3.8, 4) is 0 Å². The average Bonchev–Trinajstić information content (AvgIpc) is 2.96. The van der Waals surface area contributed by atoms with E-state index in [2.05, 4.69) is 10.0 Å². The SMILES string of the molecule is CCCCS(=O)(=O)NCC(Cc1cccc(F)c1)N1CCNC1=O. The Kier molecular flexibility index (Phi) is 6.56. The molecule has 1 saturated heterocycles. The van der Waals surface area contributed by atoms with Gasteiger partial charge in [-0.1, -0.05) is 25.5 Å². The zero-order valence-electron chi connectivity index (χ0n) is 13.8. The second-order valence-corrected chi connectivity index (χ2v) is 7.86. The lowest BCUT2D eigenvalue weighted by Gasteiger charge is -2.27. The van der Waals surface area contributed by atoms with Crippen LogP contribution in [0.15, 0.2) is 24.3 Å². The third-order valence-corrected chi connectivity index (χ3v) is 5.43. The maximum atomic E-state index is 13.4. The maximum Gasteiger partial charge on any atom is 0.317 e. The average molecular weight is 357 g/mol. The number of nitrogens with zero attached hydrogens (tertiary/aromatic N) is 1. The first-order valence-electron chi connectivity index (χ1n) is 8.17. The van der Waals surface area contributed by atoms with Gasteiger partial charge in [-0.25, -0.2) is 22.3 Å². The van der Waals surface area contributed by atoms with Crippen LogP contribution in [0.3, 0.4) is 0 Å². The quantitative estimate of drug-likeness (QED) is 0.703. The van der Waals surface area contributed by atoms with Crippen molar-refractivity contribution in [2.45, 2.75) is 32.2 Å². The first kappa shape index (κ1) is 18.7. The smallest absolute Gasteiger partial charge is 0.317 e. The highest BCUT2D eigenvalue weighted by Gasteiger charge is 2.28. The van der Waals surface area contributed by atoms with Crippen molar-refractivity contribution in [1.82, 2.24) is 14.9 Å². The summed E-state index contributed by atoms with van der Waals surface area (Å²) in [6.45, 7) is 3.09. The van der Waals surface area contributed by atoms with Crippen LogP contribution >= 0.6 is 0 Å². The maximum absolute atomic E-state index is 13.4. The third-order valence-electron chi connectivity index (χ3n) is 4.00. The highest BCUT2D eigenvalue weighted by molar-refractivity contribution is 7.89. The Labute approximate surface area is 142 Å². The molecule has 0 saturated carbocycles. The molecule has 0 aromatic heterocycles. The zero-order valence-corrected chi connectivity index (χ0v) is 14.6. The van der Waals surface area contributed by atoms with Gasteiger partial charge < -0.3 is 10.2 Å². The molecule has 0 spiro atoms. The van der Waals surface area contributed by atoms with E-state index in [0.717, 1.165) is 12.0 Å². The largest absolute Gasteiger partial charge is 0.336 e. The molecule has 2 rings (SSSR count). The number of hydrogen-bond donors (Lipinski definition) is 2. The van der Waals surface area contributed by atoms with Crippen molar-refractivity contribution in [1.29, 1.82) is 0 Å². The van der Waals surface area contributed by atoms with E-state index in [1.165, 1.54) is 12.1 Å². The molecule has 2 N–H and O–H groups in total. The van der Waals surface area contributed by atoms with Crippen LogP contribution in [-0.4, -0.2) is 50.8 Å². The number of hydrogen-bond acceptors (Lipinski definition) is 3. The van der Waals surface area contributed by atoms with Crippen LogP contribution in [0.4, 0.5) is 9.18 Å². The second kappa shape index (κ2) is 8.43. The molecular formula is C16H24FN3O3S. The lowest BCUT2D eigenvalue weighted by molar-refractivity contribution is 0.197. The molecule has 1 aromatic rings. The van der Waals surface area contributed by atoms with Crippen LogP contribution < -0.4 is 10.0 Å². The summed E-state index contributed by atoms with van der Waals surface area (Å²) in [5.74, 6) is -0.275. The number of amides is 2. The minimum atomic E-state index is -3.37. The van der Waals surface area contributed by atoms with Gasteiger partial charge in [-0.15, -0.1) is 0 Å². The van der Waals surface area contributed by atoms with E-state index in [0.29, 0.717) is 25.9 Å². The van der Waals surface area contributed by atoms with E-state index >= 15 is 0 Å². The van der Waals surface area contributed by atoms with Gasteiger partial charge in [-0.05, 0) is 30.5 Å². The number of halogens is 1. The van der Waals surface area contributed by atoms with Crippen LogP contribution in [0.1, 0.15) is 25.3 Å². The van der Waals surface area contributed by atoms with Crippen molar-refractivity contribution in [2.75, 3.05) is 25.4 Å². The minimum Gasteiger partial charge on any atom is -0.336 e. The van der Waals surface area contributed by atoms with E-state index < -0.39 is 10.0 Å². The molecule has 1 aromatic carbocycles. The highest BCUT2D eigenvalue weighted by Crippen LogP contribution is 2.13. The van der Waals surface area contributed by atoms with Gasteiger partial charge in [0, 0.05) is 19.6 Å². The molecule has 24 heavy (non-hydrogen) atoms. The summed E-state index contributed by atoms with van der Waals surface area (Å²) in [7, 11) is -3.37. The topological polar surface area (TPSA) is 78.5 Å². The Hall–Kier alpha value is -1.67. The monoisotopic (exact) mass is 357 g/mol. The number of nitrogens with one attached hydrogen (secondary N) is 2. The molecule has 0 radical (unpaired) electrons. The molecule has 1 heterocycles. The first-order chi connectivity index (χ1) is 11.4. The van der Waals surface area contributed by atoms with E-state index in [4.69, 9.17) is 0 Å². The van der Waals surface area contributed by atoms with Crippen molar-refractivity contribution < 1.29 is 17.6 Å². The molecular weight excluding hydrogens is 333 g/mol. The number of sulfonamides is 1. The molecule has 2 amide bonds. The molecule has 134 valence electrons. The number of unbranched alkanes of at least 4 members (excludes halogenated alkanes) is 1. The Morgan fingerprint density at radius 1 is 1.42 bits per heavy atom. The molecule has 1 fully saturated rings. The van der Waals surface area contributed by atoms with E-state index in [-0.39, 0.29) is 30.2 Å². The summed E-state index contributed by atoms with van der Waals surface area (Å²) in [6.07, 6.45) is 1.78. The zero-order chi connectivity index (χ0) is 17.6. The summed E-state index contributed by atoms with van der Waals surface area (Å²) in [5.41, 5.74) is 0.729. The fourth-order valence-electron chi connectivity index (χ4n) is 2.69. The summed E-state index contributed by atoms with van der Waals surface area (Å²) < 4.78 is 40.0. The molecule has 1 atom stereocenters. The molecule has 1 unspecified atom stereocenters. The van der Waals surface area contributed by atoms with Gasteiger partial charge in [-0.3, -0.25) is 0 Å². The van der Waals surface area contributed by atoms with Crippen LogP contribution in [0.5, 0.6) is 0 Å². The minimum absolute atomic E-state index is 0.0718. The molecule has 0 bridgehead atoms. The fourth-order valence-corrected chi connectivity index (χ4v) is 3.95. The Morgan fingerprint density at radius 2 is 2.21 bits per heavy atom. The van der Waals surface area contributed by atoms with Crippen molar-refractivity contribution in [3.05, 3.63) is 35.6 Å². The van der Waals surface area contributed by atoms with Gasteiger partial charge >= 0.3 is 6.03 Å². The van der Waals surface area contributed by atoms with Crippen molar-refractivity contribution in [3.63, 3.8) is 0 Å². The molecule has 1 aliphatic rings. The molecule has 1 aliphatic heterocycles. The van der Waals surface area contributed by atoms with Crippen LogP contribution in [0.25, 0.3) is 0 Å². The number of benzene rings is 1. The van der Waals surface area contributed by atoms with Gasteiger partial charge in [0.15, 0.2) is 0 Å². The second-order valence-electron chi connectivity index (χ2n) is 5.93. The van der Waals surface area contributed by atoms with E-state index in [1.54, 1.807) is 17.0 Å². The number of urea groups is 1. The van der Waals surface area contributed by atoms with Crippen molar-refractivity contribution in [2.24, 2.45) is 0 Å². The highest BCUT2D eigenvalue weighted by atomic mass is 32.2. The van der Waals surface area contributed by atoms with Gasteiger partial charge in [0.2, 0.25) is 10.0 Å². The Bertz CT molecular complexity index is 666. The summed E-state index contributed by atoms with van der Waals surface area (Å²) in [6, 6.07) is 5.57. The lowest BCUT2D eigenvalue weighted by Crippen LogP contribution is -2.47. The summed E-state index contributed by atoms with van der Waals surface area (Å²) in [4.78, 5) is 13.5.